The number of aliphatic hydroxyl groups is 1. The summed E-state index contributed by atoms with van der Waals surface area (Å²) in [6, 6.07) is -1.00. The van der Waals surface area contributed by atoms with Gasteiger partial charge in [-0.15, -0.1) is 13.2 Å². The lowest BCUT2D eigenvalue weighted by Crippen LogP contribution is -2.58. The van der Waals surface area contributed by atoms with Gasteiger partial charge in [0.25, 0.3) is 0 Å². The molecule has 4 heterocycles. The number of morpholine rings is 1. The van der Waals surface area contributed by atoms with Gasteiger partial charge in [0.15, 0.2) is 0 Å². The highest BCUT2D eigenvalue weighted by Gasteiger charge is 2.77. The van der Waals surface area contributed by atoms with Gasteiger partial charge in [-0.05, 0) is 19.8 Å². The summed E-state index contributed by atoms with van der Waals surface area (Å²) in [5, 5.41) is 12.6. The number of amides is 3. The molecule has 4 fully saturated rings. The number of halogens is 1. The van der Waals surface area contributed by atoms with Gasteiger partial charge in [-0.25, -0.2) is 0 Å². The van der Waals surface area contributed by atoms with Crippen LogP contribution >= 0.6 is 15.9 Å². The molecule has 12 nitrogen and oxygen atoms in total. The molecule has 0 aromatic carbocycles. The van der Waals surface area contributed by atoms with Crippen LogP contribution in [-0.4, -0.2) is 138 Å². The molecule has 0 saturated carbocycles. The molecular weight excluding hydrogens is 612 g/mol. The van der Waals surface area contributed by atoms with Gasteiger partial charge in [0.2, 0.25) is 17.7 Å². The van der Waals surface area contributed by atoms with E-state index in [1.165, 1.54) is 4.90 Å². The first-order valence-corrected chi connectivity index (χ1v) is 15.6. The summed E-state index contributed by atoms with van der Waals surface area (Å²) in [5.41, 5.74) is -1.24. The Balaban J connectivity index is 1.52. The zero-order valence-corrected chi connectivity index (χ0v) is 25.8. The third-order valence-corrected chi connectivity index (χ3v) is 9.41. The second-order valence-corrected chi connectivity index (χ2v) is 12.5. The Hall–Kier alpha value is -2.32. The molecule has 42 heavy (non-hydrogen) atoms. The molecule has 0 aromatic rings. The maximum Gasteiger partial charge on any atom is 0.312 e. The molecule has 13 heteroatoms. The van der Waals surface area contributed by atoms with Gasteiger partial charge in [0, 0.05) is 50.5 Å². The predicted octanol–water partition coefficient (Wildman–Crippen LogP) is 0.0876. The molecule has 0 aromatic heterocycles. The highest BCUT2D eigenvalue weighted by atomic mass is 79.9. The van der Waals surface area contributed by atoms with Crippen LogP contribution in [0.4, 0.5) is 0 Å². The highest BCUT2D eigenvalue weighted by Crippen LogP contribution is 2.60. The lowest BCUT2D eigenvalue weighted by atomic mass is 9.70. The Kier molecular flexibility index (Phi) is 11.2. The smallest absolute Gasteiger partial charge is 0.312 e. The molecule has 1 spiro atoms. The summed E-state index contributed by atoms with van der Waals surface area (Å²) in [6.45, 7) is 13.0. The van der Waals surface area contributed by atoms with Gasteiger partial charge in [-0.3, -0.25) is 24.1 Å². The molecule has 1 unspecified atom stereocenters. The standard InChI is InChI=1S/C29H43BrN4O8/c1-4-6-7-21(36)31-18-19(3)41-28(39)22-23-26(37)34(11-14-35)25(29(23)17-20(30)24(22)42-29)27(38)33(8-5-2)10-9-32-12-15-40-16-13-32/h4-5,19-20,22-25,35H,1-2,6-18H2,3H3,(H,31,36)/t19-,20?,22-,23+,24-,25-,29+/m0/s1. The number of rotatable bonds is 15. The molecule has 4 aliphatic rings. The molecule has 2 bridgehead atoms. The molecule has 4 aliphatic heterocycles. The van der Waals surface area contributed by atoms with Crippen LogP contribution in [0.1, 0.15) is 26.2 Å². The van der Waals surface area contributed by atoms with Crippen molar-refractivity contribution in [3.8, 4) is 0 Å². The first kappa shape index (κ1) is 32.6. The van der Waals surface area contributed by atoms with Crippen molar-refractivity contribution >= 4 is 39.6 Å². The van der Waals surface area contributed by atoms with Crippen molar-refractivity contribution < 1.29 is 38.5 Å². The summed E-state index contributed by atoms with van der Waals surface area (Å²) in [7, 11) is 0. The largest absolute Gasteiger partial charge is 0.460 e. The van der Waals surface area contributed by atoms with E-state index in [4.69, 9.17) is 14.2 Å². The maximum atomic E-state index is 14.3. The number of aliphatic hydroxyl groups excluding tert-OH is 1. The van der Waals surface area contributed by atoms with Crippen molar-refractivity contribution in [3.63, 3.8) is 0 Å². The number of esters is 1. The van der Waals surface area contributed by atoms with Crippen LogP contribution in [0.3, 0.4) is 0 Å². The summed E-state index contributed by atoms with van der Waals surface area (Å²) >= 11 is 3.64. The summed E-state index contributed by atoms with van der Waals surface area (Å²) in [5.74, 6) is -3.34. The average Bonchev–Trinajstić information content (AvgIpc) is 3.56. The van der Waals surface area contributed by atoms with Crippen LogP contribution in [0.15, 0.2) is 25.3 Å². The minimum absolute atomic E-state index is 0.0607. The van der Waals surface area contributed by atoms with E-state index in [0.717, 1.165) is 13.1 Å². The fourth-order valence-corrected chi connectivity index (χ4v) is 7.57. The number of fused-ring (bicyclic) bond motifs is 1. The molecule has 234 valence electrons. The van der Waals surface area contributed by atoms with Crippen molar-refractivity contribution in [1.82, 2.24) is 20.0 Å². The number of alkyl halides is 1. The van der Waals surface area contributed by atoms with E-state index in [1.807, 2.05) is 0 Å². The molecule has 7 atom stereocenters. The van der Waals surface area contributed by atoms with Crippen LogP contribution in [-0.2, 0) is 33.4 Å². The summed E-state index contributed by atoms with van der Waals surface area (Å²) in [6.07, 6.45) is 3.20. The van der Waals surface area contributed by atoms with Crippen molar-refractivity contribution in [1.29, 1.82) is 0 Å². The van der Waals surface area contributed by atoms with E-state index in [1.54, 1.807) is 24.0 Å². The summed E-state index contributed by atoms with van der Waals surface area (Å²) in [4.78, 5) is 58.7. The van der Waals surface area contributed by atoms with Gasteiger partial charge in [-0.2, -0.15) is 0 Å². The fraction of sp³-hybridized carbons (Fsp3) is 0.724. The Morgan fingerprint density at radius 3 is 2.67 bits per heavy atom. The Morgan fingerprint density at radius 2 is 2.00 bits per heavy atom. The van der Waals surface area contributed by atoms with E-state index in [9.17, 15) is 24.3 Å². The van der Waals surface area contributed by atoms with Crippen molar-refractivity contribution in [2.45, 2.75) is 54.9 Å². The normalized spacial score (nSPS) is 31.0. The van der Waals surface area contributed by atoms with E-state index >= 15 is 0 Å². The number of carbonyl (C=O) groups excluding carboxylic acids is 4. The molecular formula is C29H43BrN4O8. The third-order valence-electron chi connectivity index (χ3n) is 8.57. The number of β-amino-alcohol motifs (C(OH)–C–C–N with tert-alkyl or cyclic N) is 1. The number of nitrogens with one attached hydrogen (secondary N) is 1. The van der Waals surface area contributed by atoms with Crippen molar-refractivity contribution in [2.24, 2.45) is 11.8 Å². The van der Waals surface area contributed by atoms with E-state index in [-0.39, 0.29) is 42.9 Å². The van der Waals surface area contributed by atoms with Gasteiger partial charge in [0.1, 0.15) is 17.7 Å². The number of likely N-dealkylation sites (tertiary alicyclic amines) is 1. The molecule has 2 N–H and O–H groups in total. The van der Waals surface area contributed by atoms with E-state index < -0.39 is 47.6 Å². The van der Waals surface area contributed by atoms with Gasteiger partial charge in [0.05, 0.1) is 44.3 Å². The number of hydrogen-bond acceptors (Lipinski definition) is 9. The van der Waals surface area contributed by atoms with Crippen LogP contribution in [0.2, 0.25) is 0 Å². The molecule has 0 radical (unpaired) electrons. The zero-order chi connectivity index (χ0) is 30.4. The van der Waals surface area contributed by atoms with Gasteiger partial charge >= 0.3 is 5.97 Å². The Labute approximate surface area is 255 Å². The van der Waals surface area contributed by atoms with E-state index in [2.05, 4.69) is 39.3 Å². The van der Waals surface area contributed by atoms with Gasteiger partial charge < -0.3 is 34.4 Å². The first-order valence-electron chi connectivity index (χ1n) is 14.7. The minimum Gasteiger partial charge on any atom is -0.460 e. The first-order chi connectivity index (χ1) is 20.2. The van der Waals surface area contributed by atoms with Crippen molar-refractivity contribution in [3.05, 3.63) is 25.3 Å². The number of nitrogens with zero attached hydrogens (tertiary/aromatic N) is 3. The quantitative estimate of drug-likeness (QED) is 0.143. The average molecular weight is 656 g/mol. The Bertz CT molecular complexity index is 1040. The molecule has 4 rings (SSSR count). The van der Waals surface area contributed by atoms with Gasteiger partial charge in [-0.1, -0.05) is 28.1 Å². The van der Waals surface area contributed by atoms with E-state index in [0.29, 0.717) is 45.6 Å². The van der Waals surface area contributed by atoms with Crippen LogP contribution in [0.5, 0.6) is 0 Å². The maximum absolute atomic E-state index is 14.3. The summed E-state index contributed by atoms with van der Waals surface area (Å²) < 4.78 is 17.6. The van der Waals surface area contributed by atoms with Crippen molar-refractivity contribution in [2.75, 3.05) is 65.6 Å². The van der Waals surface area contributed by atoms with Crippen LogP contribution in [0, 0.1) is 11.8 Å². The Morgan fingerprint density at radius 1 is 1.26 bits per heavy atom. The molecule has 4 saturated heterocycles. The number of allylic oxidation sites excluding steroid dienone is 1. The molecule has 0 aliphatic carbocycles. The SMILES string of the molecule is C=CCCC(=O)NC[C@H](C)OC(=O)[C@@H]1[C@H]2O[C@@]3(CC2Br)[C@H](C(=O)N(CC=C)CCN2CCOCC2)N(CCO)C(=O)[C@@H]13. The second-order valence-electron chi connectivity index (χ2n) is 11.3. The second kappa shape index (κ2) is 14.4. The predicted molar refractivity (Wildman–Crippen MR) is 157 cm³/mol. The van der Waals surface area contributed by atoms with Crippen LogP contribution < -0.4 is 5.32 Å². The molecule has 3 amide bonds. The topological polar surface area (TPSA) is 138 Å². The number of ether oxygens (including phenoxy) is 3. The number of carbonyl (C=O) groups is 4. The fourth-order valence-electron chi connectivity index (χ4n) is 6.63. The zero-order valence-electron chi connectivity index (χ0n) is 24.2. The minimum atomic E-state index is -1.24. The highest BCUT2D eigenvalue weighted by molar-refractivity contribution is 9.09. The van der Waals surface area contributed by atoms with Crippen LogP contribution in [0.25, 0.3) is 0 Å². The third kappa shape index (κ3) is 6.59. The number of hydrogen-bond donors (Lipinski definition) is 2. The lowest BCUT2D eigenvalue weighted by molar-refractivity contribution is -0.159. The monoisotopic (exact) mass is 654 g/mol. The lowest BCUT2D eigenvalue weighted by Gasteiger charge is -2.37.